The van der Waals surface area contributed by atoms with Crippen molar-refractivity contribution >= 4 is 56.5 Å². The van der Waals surface area contributed by atoms with E-state index in [9.17, 15) is 14.0 Å². The highest BCUT2D eigenvalue weighted by Crippen LogP contribution is 2.25. The summed E-state index contributed by atoms with van der Waals surface area (Å²) in [6, 6.07) is 13.3. The van der Waals surface area contributed by atoms with Crippen molar-refractivity contribution in [1.82, 2.24) is 9.55 Å². The number of thioether (sulfide) groups is 1. The van der Waals surface area contributed by atoms with Crippen molar-refractivity contribution in [3.8, 4) is 5.69 Å². The number of amides is 1. The molecule has 5 nitrogen and oxygen atoms in total. The smallest absolute Gasteiger partial charge is 0.276 e. The van der Waals surface area contributed by atoms with E-state index < -0.39 is 11.7 Å². The Bertz CT molecular complexity index is 1320. The Morgan fingerprint density at radius 1 is 1.27 bits per heavy atom. The number of carbonyl (C=O) groups excluding carboxylic acids is 1. The summed E-state index contributed by atoms with van der Waals surface area (Å²) in [5.74, 6) is -1.08. The van der Waals surface area contributed by atoms with Crippen LogP contribution in [0, 0.1) is 12.7 Å². The minimum Gasteiger partial charge on any atom is -0.323 e. The lowest BCUT2D eigenvalue weighted by atomic mass is 10.2. The van der Waals surface area contributed by atoms with Crippen LogP contribution in [0.15, 0.2) is 63.9 Å². The maximum Gasteiger partial charge on any atom is 0.276 e. The van der Waals surface area contributed by atoms with E-state index in [1.54, 1.807) is 6.07 Å². The van der Waals surface area contributed by atoms with Crippen molar-refractivity contribution in [1.29, 1.82) is 0 Å². The third-order valence-electron chi connectivity index (χ3n) is 4.25. The highest BCUT2D eigenvalue weighted by Gasteiger charge is 2.16. The molecule has 4 aromatic rings. The van der Waals surface area contributed by atoms with E-state index in [4.69, 9.17) is 11.6 Å². The molecule has 4 rings (SSSR count). The number of nitrogens with one attached hydrogen (secondary N) is 1. The van der Waals surface area contributed by atoms with Crippen LogP contribution >= 0.6 is 34.7 Å². The van der Waals surface area contributed by atoms with Gasteiger partial charge in [0.2, 0.25) is 5.91 Å². The normalized spacial score (nSPS) is 11.0. The van der Waals surface area contributed by atoms with Crippen molar-refractivity contribution in [2.45, 2.75) is 12.1 Å². The highest BCUT2D eigenvalue weighted by atomic mass is 35.5. The monoisotopic (exact) mass is 459 g/mol. The van der Waals surface area contributed by atoms with Crippen LogP contribution in [0.4, 0.5) is 10.1 Å². The van der Waals surface area contributed by atoms with Gasteiger partial charge in [-0.25, -0.2) is 9.37 Å². The number of anilines is 1. The highest BCUT2D eigenvalue weighted by molar-refractivity contribution is 7.99. The molecule has 0 radical (unpaired) electrons. The van der Waals surface area contributed by atoms with Crippen LogP contribution in [0.1, 0.15) is 5.56 Å². The van der Waals surface area contributed by atoms with Gasteiger partial charge in [-0.15, -0.1) is 11.3 Å². The van der Waals surface area contributed by atoms with Crippen LogP contribution in [-0.2, 0) is 4.79 Å². The molecule has 2 aromatic carbocycles. The zero-order valence-electron chi connectivity index (χ0n) is 15.7. The number of aromatic nitrogens is 2. The van der Waals surface area contributed by atoms with Crippen molar-refractivity contribution < 1.29 is 9.18 Å². The predicted octanol–water partition coefficient (Wildman–Crippen LogP) is 5.28. The fourth-order valence-electron chi connectivity index (χ4n) is 2.89. The Balaban J connectivity index is 1.64. The third-order valence-corrected chi connectivity index (χ3v) is 6.31. The standard InChI is InChI=1S/C21H15ClFN3O2S2/c1-12-3-2-4-14(9-12)26-20(28)19-17(7-8-29-19)25-21(26)30-11-18(27)24-16-6-5-13(22)10-15(16)23/h2-10H,11H2,1H3,(H,24,27). The zero-order chi connectivity index (χ0) is 21.3. The first-order valence-corrected chi connectivity index (χ1v) is 11.1. The second-order valence-corrected chi connectivity index (χ2v) is 8.76. The number of rotatable bonds is 5. The number of carbonyl (C=O) groups is 1. The van der Waals surface area contributed by atoms with Gasteiger partial charge in [-0.1, -0.05) is 35.5 Å². The lowest BCUT2D eigenvalue weighted by Gasteiger charge is -2.13. The molecule has 1 N–H and O–H groups in total. The second kappa shape index (κ2) is 8.59. The first-order valence-electron chi connectivity index (χ1n) is 8.87. The van der Waals surface area contributed by atoms with E-state index in [0.717, 1.165) is 23.4 Å². The number of nitrogens with zero attached hydrogens (tertiary/aromatic N) is 2. The summed E-state index contributed by atoms with van der Waals surface area (Å²) in [6.45, 7) is 1.94. The molecule has 0 bridgehead atoms. The van der Waals surface area contributed by atoms with Gasteiger partial charge in [0.15, 0.2) is 5.16 Å². The van der Waals surface area contributed by atoms with Gasteiger partial charge in [-0.2, -0.15) is 0 Å². The van der Waals surface area contributed by atoms with Crippen LogP contribution in [0.2, 0.25) is 5.02 Å². The SMILES string of the molecule is Cc1cccc(-n2c(SCC(=O)Nc3ccc(Cl)cc3F)nc3ccsc3c2=O)c1. The summed E-state index contributed by atoms with van der Waals surface area (Å²) in [5, 5.41) is 4.96. The molecule has 2 heterocycles. The van der Waals surface area contributed by atoms with Crippen molar-refractivity contribution in [3.63, 3.8) is 0 Å². The van der Waals surface area contributed by atoms with Crippen molar-refractivity contribution in [2.24, 2.45) is 0 Å². The Morgan fingerprint density at radius 3 is 2.87 bits per heavy atom. The van der Waals surface area contributed by atoms with E-state index in [2.05, 4.69) is 10.3 Å². The van der Waals surface area contributed by atoms with Crippen LogP contribution in [0.5, 0.6) is 0 Å². The van der Waals surface area contributed by atoms with Crippen LogP contribution in [0.25, 0.3) is 15.9 Å². The molecule has 0 fully saturated rings. The van der Waals surface area contributed by atoms with E-state index in [0.29, 0.717) is 21.1 Å². The number of fused-ring (bicyclic) bond motifs is 1. The second-order valence-electron chi connectivity index (χ2n) is 6.47. The number of thiophene rings is 1. The number of hydrogen-bond acceptors (Lipinski definition) is 5. The maximum absolute atomic E-state index is 13.9. The Morgan fingerprint density at radius 2 is 2.10 bits per heavy atom. The summed E-state index contributed by atoms with van der Waals surface area (Å²) >= 11 is 8.18. The molecule has 0 saturated carbocycles. The third kappa shape index (κ3) is 4.26. The summed E-state index contributed by atoms with van der Waals surface area (Å²) in [4.78, 5) is 30.0. The molecule has 0 unspecified atom stereocenters. The van der Waals surface area contributed by atoms with Gasteiger partial charge in [0.1, 0.15) is 10.5 Å². The van der Waals surface area contributed by atoms with Crippen molar-refractivity contribution in [2.75, 3.05) is 11.1 Å². The van der Waals surface area contributed by atoms with Gasteiger partial charge in [-0.05, 0) is 54.3 Å². The van der Waals surface area contributed by atoms with E-state index in [1.165, 1.54) is 28.0 Å². The zero-order valence-corrected chi connectivity index (χ0v) is 18.1. The Labute approximate surface area is 184 Å². The molecule has 1 amide bonds. The summed E-state index contributed by atoms with van der Waals surface area (Å²) in [7, 11) is 0. The average molecular weight is 460 g/mol. The summed E-state index contributed by atoms with van der Waals surface area (Å²) < 4.78 is 16.0. The molecule has 0 atom stereocenters. The molecule has 152 valence electrons. The minimum atomic E-state index is -0.615. The van der Waals surface area contributed by atoms with Gasteiger partial charge >= 0.3 is 0 Å². The largest absolute Gasteiger partial charge is 0.323 e. The number of aryl methyl sites for hydroxylation is 1. The first-order chi connectivity index (χ1) is 14.4. The van der Waals surface area contributed by atoms with Gasteiger partial charge in [0.05, 0.1) is 22.6 Å². The first kappa shape index (κ1) is 20.6. The van der Waals surface area contributed by atoms with Gasteiger partial charge in [-0.3, -0.25) is 14.2 Å². The van der Waals surface area contributed by atoms with E-state index in [1.807, 2.05) is 36.6 Å². The number of hydrogen-bond donors (Lipinski definition) is 1. The van der Waals surface area contributed by atoms with Crippen LogP contribution < -0.4 is 10.9 Å². The fraction of sp³-hybridized carbons (Fsp3) is 0.0952. The Hall–Kier alpha value is -2.68. The molecule has 0 aliphatic heterocycles. The van der Waals surface area contributed by atoms with E-state index >= 15 is 0 Å². The summed E-state index contributed by atoms with van der Waals surface area (Å²) in [5.41, 5.74) is 2.11. The van der Waals surface area contributed by atoms with E-state index in [-0.39, 0.29) is 22.0 Å². The van der Waals surface area contributed by atoms with Crippen molar-refractivity contribution in [3.05, 3.63) is 80.7 Å². The average Bonchev–Trinajstić information content (AvgIpc) is 3.17. The molecule has 0 spiro atoms. The van der Waals surface area contributed by atoms with Gasteiger partial charge in [0, 0.05) is 5.02 Å². The Kier molecular flexibility index (Phi) is 5.90. The van der Waals surface area contributed by atoms with Crippen LogP contribution in [0.3, 0.4) is 0 Å². The lowest BCUT2D eigenvalue weighted by Crippen LogP contribution is -2.22. The molecular formula is C21H15ClFN3O2S2. The minimum absolute atomic E-state index is 0.0438. The topological polar surface area (TPSA) is 64.0 Å². The maximum atomic E-state index is 13.9. The molecule has 2 aromatic heterocycles. The number of benzene rings is 2. The fourth-order valence-corrected chi connectivity index (χ4v) is 4.62. The molecule has 30 heavy (non-hydrogen) atoms. The quantitative estimate of drug-likeness (QED) is 0.326. The predicted molar refractivity (Wildman–Crippen MR) is 121 cm³/mol. The van der Waals surface area contributed by atoms with Gasteiger partial charge in [0.25, 0.3) is 5.56 Å². The molecular weight excluding hydrogens is 445 g/mol. The van der Waals surface area contributed by atoms with Crippen LogP contribution in [-0.4, -0.2) is 21.2 Å². The lowest BCUT2D eigenvalue weighted by molar-refractivity contribution is -0.113. The molecule has 0 saturated heterocycles. The van der Waals surface area contributed by atoms with Gasteiger partial charge < -0.3 is 5.32 Å². The summed E-state index contributed by atoms with van der Waals surface area (Å²) in [6.07, 6.45) is 0. The molecule has 0 aliphatic rings. The molecule has 0 aliphatic carbocycles. The molecule has 9 heteroatoms. The number of halogens is 2.